The average Bonchev–Trinajstić information content (AvgIpc) is 2.85. The topological polar surface area (TPSA) is 75.2 Å². The highest BCUT2D eigenvalue weighted by atomic mass is 16.5. The van der Waals surface area contributed by atoms with Crippen molar-refractivity contribution in [3.05, 3.63) is 11.9 Å². The Labute approximate surface area is 82.0 Å². The summed E-state index contributed by atoms with van der Waals surface area (Å²) in [5.41, 5.74) is 6.23. The molecule has 2 rings (SSSR count). The molecule has 1 aliphatic rings. The lowest BCUT2D eigenvalue weighted by atomic mass is 10.2. The molecule has 0 radical (unpaired) electrons. The van der Waals surface area contributed by atoms with E-state index in [0.29, 0.717) is 19.8 Å². The van der Waals surface area contributed by atoms with E-state index in [9.17, 15) is 0 Å². The summed E-state index contributed by atoms with van der Waals surface area (Å²) < 4.78 is 12.4. The third-order valence-corrected chi connectivity index (χ3v) is 2.41. The van der Waals surface area contributed by atoms with Crippen molar-refractivity contribution in [2.24, 2.45) is 5.73 Å². The summed E-state index contributed by atoms with van der Waals surface area (Å²) in [5, 5.41) is 7.92. The van der Waals surface area contributed by atoms with Crippen molar-refractivity contribution < 1.29 is 9.47 Å². The Bertz CT molecular complexity index is 301. The van der Waals surface area contributed by atoms with Gasteiger partial charge in [-0.05, 0) is 0 Å². The van der Waals surface area contributed by atoms with Crippen molar-refractivity contribution in [1.82, 2.24) is 15.0 Å². The van der Waals surface area contributed by atoms with E-state index in [-0.39, 0.29) is 12.1 Å². The number of nitrogens with two attached hydrogens (primary N) is 1. The molecule has 1 aromatic heterocycles. The largest absolute Gasteiger partial charge is 0.377 e. The zero-order valence-electron chi connectivity index (χ0n) is 8.09. The van der Waals surface area contributed by atoms with Crippen LogP contribution in [0.4, 0.5) is 0 Å². The molecule has 1 aromatic rings. The van der Waals surface area contributed by atoms with Gasteiger partial charge in [-0.25, -0.2) is 4.68 Å². The van der Waals surface area contributed by atoms with Gasteiger partial charge in [-0.15, -0.1) is 5.10 Å². The van der Waals surface area contributed by atoms with Crippen LogP contribution >= 0.6 is 0 Å². The van der Waals surface area contributed by atoms with Crippen molar-refractivity contribution in [3.8, 4) is 0 Å². The molecule has 6 nitrogen and oxygen atoms in total. The Kier molecular flexibility index (Phi) is 2.76. The molecule has 0 spiro atoms. The van der Waals surface area contributed by atoms with Gasteiger partial charge in [0.25, 0.3) is 0 Å². The van der Waals surface area contributed by atoms with Crippen molar-refractivity contribution in [2.75, 3.05) is 20.3 Å². The summed E-state index contributed by atoms with van der Waals surface area (Å²) >= 11 is 0. The van der Waals surface area contributed by atoms with Crippen LogP contribution in [0.2, 0.25) is 0 Å². The third kappa shape index (κ3) is 1.63. The summed E-state index contributed by atoms with van der Waals surface area (Å²) in [5.74, 6) is 0. The quantitative estimate of drug-likeness (QED) is 0.696. The molecule has 0 amide bonds. The molecular weight excluding hydrogens is 184 g/mol. The number of hydrogen-bond donors (Lipinski definition) is 1. The summed E-state index contributed by atoms with van der Waals surface area (Å²) in [6.07, 6.45) is 1.90. The van der Waals surface area contributed by atoms with Crippen molar-refractivity contribution in [3.63, 3.8) is 0 Å². The van der Waals surface area contributed by atoms with E-state index >= 15 is 0 Å². The van der Waals surface area contributed by atoms with Crippen LogP contribution in [-0.2, 0) is 16.0 Å². The fraction of sp³-hybridized carbons (Fsp3) is 0.750. The predicted molar refractivity (Wildman–Crippen MR) is 48.6 cm³/mol. The number of nitrogens with zero attached hydrogens (tertiary/aromatic N) is 3. The molecule has 2 N–H and O–H groups in total. The SMILES string of the molecule is COC1COCC1n1cc(CN)nn1. The minimum absolute atomic E-state index is 0.0577. The van der Waals surface area contributed by atoms with Gasteiger partial charge in [0.1, 0.15) is 12.1 Å². The Morgan fingerprint density at radius 2 is 2.57 bits per heavy atom. The van der Waals surface area contributed by atoms with E-state index in [1.54, 1.807) is 11.8 Å². The smallest absolute Gasteiger partial charge is 0.105 e. The molecule has 2 heterocycles. The lowest BCUT2D eigenvalue weighted by Crippen LogP contribution is -2.24. The number of ether oxygens (including phenoxy) is 2. The number of aromatic nitrogens is 3. The van der Waals surface area contributed by atoms with Gasteiger partial charge in [0.05, 0.1) is 25.1 Å². The monoisotopic (exact) mass is 198 g/mol. The molecule has 6 heteroatoms. The number of methoxy groups -OCH3 is 1. The number of rotatable bonds is 3. The lowest BCUT2D eigenvalue weighted by Gasteiger charge is -2.15. The zero-order chi connectivity index (χ0) is 9.97. The molecule has 2 unspecified atom stereocenters. The van der Waals surface area contributed by atoms with Crippen LogP contribution < -0.4 is 5.73 Å². The Balaban J connectivity index is 2.13. The fourth-order valence-electron chi connectivity index (χ4n) is 1.56. The summed E-state index contributed by atoms with van der Waals surface area (Å²) in [7, 11) is 1.67. The highest BCUT2D eigenvalue weighted by Gasteiger charge is 2.30. The molecule has 0 aliphatic carbocycles. The van der Waals surface area contributed by atoms with Crippen LogP contribution in [0.15, 0.2) is 6.20 Å². The van der Waals surface area contributed by atoms with E-state index in [1.807, 2.05) is 6.20 Å². The van der Waals surface area contributed by atoms with E-state index in [2.05, 4.69) is 10.3 Å². The summed E-state index contributed by atoms with van der Waals surface area (Å²) in [4.78, 5) is 0. The fourth-order valence-corrected chi connectivity index (χ4v) is 1.56. The predicted octanol–water partition coefficient (Wildman–Crippen LogP) is -0.677. The first-order valence-corrected chi connectivity index (χ1v) is 4.56. The van der Waals surface area contributed by atoms with Gasteiger partial charge in [0.15, 0.2) is 0 Å². The molecule has 14 heavy (non-hydrogen) atoms. The standard InChI is InChI=1S/C8H14N4O2/c1-13-8-5-14-4-7(8)12-3-6(2-9)10-11-12/h3,7-8H,2,4-5,9H2,1H3. The van der Waals surface area contributed by atoms with E-state index in [4.69, 9.17) is 15.2 Å². The van der Waals surface area contributed by atoms with Crippen molar-refractivity contribution >= 4 is 0 Å². The van der Waals surface area contributed by atoms with Crippen molar-refractivity contribution in [2.45, 2.75) is 18.7 Å². The minimum atomic E-state index is 0.0577. The first kappa shape index (κ1) is 9.57. The first-order valence-electron chi connectivity index (χ1n) is 4.56. The molecule has 1 aliphatic heterocycles. The Hall–Kier alpha value is -0.980. The third-order valence-electron chi connectivity index (χ3n) is 2.41. The van der Waals surface area contributed by atoms with Gasteiger partial charge in [0.2, 0.25) is 0 Å². The van der Waals surface area contributed by atoms with Gasteiger partial charge in [-0.1, -0.05) is 5.21 Å². The zero-order valence-corrected chi connectivity index (χ0v) is 8.09. The molecule has 2 atom stereocenters. The molecule has 1 saturated heterocycles. The van der Waals surface area contributed by atoms with Crippen LogP contribution in [-0.4, -0.2) is 41.4 Å². The van der Waals surface area contributed by atoms with Crippen molar-refractivity contribution in [1.29, 1.82) is 0 Å². The van der Waals surface area contributed by atoms with Crippen LogP contribution in [0.5, 0.6) is 0 Å². The molecule has 0 bridgehead atoms. The molecule has 0 aromatic carbocycles. The maximum absolute atomic E-state index is 5.45. The molecule has 78 valence electrons. The first-order chi connectivity index (χ1) is 6.85. The molecule has 1 fully saturated rings. The number of hydrogen-bond acceptors (Lipinski definition) is 5. The van der Waals surface area contributed by atoms with Gasteiger partial charge in [-0.2, -0.15) is 0 Å². The minimum Gasteiger partial charge on any atom is -0.377 e. The highest BCUT2D eigenvalue weighted by Crippen LogP contribution is 2.20. The van der Waals surface area contributed by atoms with E-state index in [0.717, 1.165) is 5.69 Å². The summed E-state index contributed by atoms with van der Waals surface area (Å²) in [6, 6.07) is 0.118. The second-order valence-electron chi connectivity index (χ2n) is 3.27. The van der Waals surface area contributed by atoms with Crippen LogP contribution in [0, 0.1) is 0 Å². The lowest BCUT2D eigenvalue weighted by molar-refractivity contribution is 0.0661. The Morgan fingerprint density at radius 1 is 1.71 bits per heavy atom. The summed E-state index contributed by atoms with van der Waals surface area (Å²) in [6.45, 7) is 1.64. The maximum Gasteiger partial charge on any atom is 0.105 e. The van der Waals surface area contributed by atoms with Crippen LogP contribution in [0.1, 0.15) is 11.7 Å². The molecular formula is C8H14N4O2. The average molecular weight is 198 g/mol. The van der Waals surface area contributed by atoms with Gasteiger partial charge >= 0.3 is 0 Å². The van der Waals surface area contributed by atoms with Gasteiger partial charge in [0, 0.05) is 13.7 Å². The maximum atomic E-state index is 5.45. The molecule has 0 saturated carbocycles. The highest BCUT2D eigenvalue weighted by molar-refractivity contribution is 4.94. The van der Waals surface area contributed by atoms with Crippen LogP contribution in [0.3, 0.4) is 0 Å². The Morgan fingerprint density at radius 3 is 3.21 bits per heavy atom. The normalized spacial score (nSPS) is 27.0. The van der Waals surface area contributed by atoms with Crippen LogP contribution in [0.25, 0.3) is 0 Å². The van der Waals surface area contributed by atoms with Gasteiger partial charge in [-0.3, -0.25) is 0 Å². The van der Waals surface area contributed by atoms with E-state index < -0.39 is 0 Å². The second-order valence-corrected chi connectivity index (χ2v) is 3.27. The van der Waals surface area contributed by atoms with Gasteiger partial charge < -0.3 is 15.2 Å². The second kappa shape index (κ2) is 4.04. The van der Waals surface area contributed by atoms with E-state index in [1.165, 1.54) is 0 Å².